The molecule has 2 aromatic heterocycles. The molecule has 4 N–H and O–H groups in total. The maximum absolute atomic E-state index is 12.5. The number of halogens is 3. The van der Waals surface area contributed by atoms with Crippen molar-refractivity contribution in [3.8, 4) is 22.0 Å². The second-order valence-electron chi connectivity index (χ2n) is 7.81. The number of benzene rings is 1. The molecule has 1 amide bonds. The lowest BCUT2D eigenvalue weighted by Crippen LogP contribution is -2.36. The molecule has 0 bridgehead atoms. The molecule has 13 heteroatoms. The van der Waals surface area contributed by atoms with E-state index in [1.165, 1.54) is 28.5 Å². The van der Waals surface area contributed by atoms with Gasteiger partial charge in [0, 0.05) is 49.9 Å². The minimum atomic E-state index is -1.75. The molecule has 3 aromatic rings. The van der Waals surface area contributed by atoms with Crippen LogP contribution < -0.4 is 11.1 Å². The monoisotopic (exact) mass is 533 g/mol. The third-order valence-electron chi connectivity index (χ3n) is 5.35. The molecule has 1 aliphatic heterocycles. The second kappa shape index (κ2) is 12.9. The Morgan fingerprint density at radius 1 is 1.30 bits per heavy atom. The normalized spacial score (nSPS) is 17.7. The average Bonchev–Trinajstić information content (AvgIpc) is 3.50. The van der Waals surface area contributed by atoms with Crippen molar-refractivity contribution in [3.05, 3.63) is 59.7 Å². The van der Waals surface area contributed by atoms with Gasteiger partial charge in [0.1, 0.15) is 23.2 Å². The molecule has 0 aliphatic carbocycles. The van der Waals surface area contributed by atoms with E-state index >= 15 is 0 Å². The highest BCUT2D eigenvalue weighted by atomic mass is 32.1. The molecule has 1 aromatic carbocycles. The number of nitrogens with zero attached hydrogens (tertiary/aromatic N) is 5. The third-order valence-corrected chi connectivity index (χ3v) is 6.24. The third kappa shape index (κ3) is 6.89. The zero-order valence-electron chi connectivity index (χ0n) is 19.9. The lowest BCUT2D eigenvalue weighted by atomic mass is 9.91. The van der Waals surface area contributed by atoms with Gasteiger partial charge in [0.05, 0.1) is 5.69 Å². The fraction of sp³-hybridized carbons (Fsp3) is 0.292. The Bertz CT molecular complexity index is 1270. The summed E-state index contributed by atoms with van der Waals surface area (Å²) in [5.74, 6) is 0.0444. The molecule has 1 aliphatic rings. The number of nitrogens with one attached hydrogen (secondary N) is 1. The molecule has 0 unspecified atom stereocenters. The van der Waals surface area contributed by atoms with Crippen LogP contribution in [0.15, 0.2) is 59.2 Å². The largest absolute Gasteiger partial charge is 0.388 e. The summed E-state index contributed by atoms with van der Waals surface area (Å²) in [5, 5.41) is 16.3. The minimum Gasteiger partial charge on any atom is -0.388 e. The zero-order valence-corrected chi connectivity index (χ0v) is 20.8. The Balaban J connectivity index is 0.00000121. The summed E-state index contributed by atoms with van der Waals surface area (Å²) >= 11 is 1.43. The summed E-state index contributed by atoms with van der Waals surface area (Å²) in [6.45, 7) is -1.53. The van der Waals surface area contributed by atoms with Crippen LogP contribution in [0.5, 0.6) is 0 Å². The minimum absolute atomic E-state index is 0.171. The van der Waals surface area contributed by atoms with Gasteiger partial charge in [0.25, 0.3) is 11.9 Å². The highest BCUT2D eigenvalue weighted by Gasteiger charge is 2.45. The van der Waals surface area contributed by atoms with E-state index in [2.05, 4.69) is 25.3 Å². The van der Waals surface area contributed by atoms with Gasteiger partial charge in [-0.15, -0.1) is 11.3 Å². The number of likely N-dealkylation sites (N-methyl/N-ethyl adjacent to an activating group) is 1. The predicted molar refractivity (Wildman–Crippen MR) is 136 cm³/mol. The van der Waals surface area contributed by atoms with Crippen LogP contribution in [-0.4, -0.2) is 70.4 Å². The smallest absolute Gasteiger partial charge is 0.258 e. The summed E-state index contributed by atoms with van der Waals surface area (Å²) in [6.07, 6.45) is 4.93. The number of aliphatic hydroxyl groups is 1. The van der Waals surface area contributed by atoms with Crippen molar-refractivity contribution < 1.29 is 23.1 Å². The Labute approximate surface area is 215 Å². The van der Waals surface area contributed by atoms with E-state index < -0.39 is 19.2 Å². The highest BCUT2D eigenvalue weighted by molar-refractivity contribution is 7.13. The summed E-state index contributed by atoms with van der Waals surface area (Å²) in [4.78, 5) is 31.3. The number of amides is 1. The van der Waals surface area contributed by atoms with Gasteiger partial charge in [-0.05, 0) is 23.8 Å². The van der Waals surface area contributed by atoms with E-state index in [4.69, 9.17) is 5.73 Å². The number of thiazole rings is 1. The second-order valence-corrected chi connectivity index (χ2v) is 8.67. The van der Waals surface area contributed by atoms with E-state index in [9.17, 15) is 23.1 Å². The van der Waals surface area contributed by atoms with Gasteiger partial charge in [-0.3, -0.25) is 4.79 Å². The number of likely N-dealkylation sites (tertiary alicyclic amines) is 1. The van der Waals surface area contributed by atoms with Crippen molar-refractivity contribution in [3.63, 3.8) is 0 Å². The van der Waals surface area contributed by atoms with E-state index in [-0.39, 0.29) is 24.2 Å². The molecule has 0 spiro atoms. The summed E-state index contributed by atoms with van der Waals surface area (Å²) in [6, 6.07) is 8.98. The van der Waals surface area contributed by atoms with Crippen molar-refractivity contribution in [2.45, 2.75) is 12.0 Å². The predicted octanol–water partition coefficient (Wildman–Crippen LogP) is 3.26. The first kappa shape index (κ1) is 27.7. The quantitative estimate of drug-likeness (QED) is 0.230. The number of aromatic nitrogens is 3. The molecule has 0 radical (unpaired) electrons. The van der Waals surface area contributed by atoms with E-state index in [0.29, 0.717) is 29.9 Å². The van der Waals surface area contributed by atoms with Crippen LogP contribution in [0.2, 0.25) is 0 Å². The number of alkyl halides is 3. The number of aliphatic imine (C=N–C) groups is 1. The number of carbonyl (C=O) groups excluding carboxylic acids is 1. The van der Waals surface area contributed by atoms with Gasteiger partial charge in [-0.2, -0.15) is 4.99 Å². The molecule has 9 nitrogen and oxygen atoms in total. The Hall–Kier alpha value is -3.84. The van der Waals surface area contributed by atoms with Gasteiger partial charge in [-0.1, -0.05) is 18.2 Å². The Kier molecular flexibility index (Phi) is 9.69. The van der Waals surface area contributed by atoms with Crippen LogP contribution in [0.1, 0.15) is 12.0 Å². The van der Waals surface area contributed by atoms with Gasteiger partial charge >= 0.3 is 0 Å². The van der Waals surface area contributed by atoms with Gasteiger partial charge in [-0.25, -0.2) is 28.1 Å². The van der Waals surface area contributed by atoms with Crippen LogP contribution >= 0.6 is 11.3 Å². The molecule has 196 valence electrons. The first-order valence-electron chi connectivity index (χ1n) is 11.1. The van der Waals surface area contributed by atoms with Crippen molar-refractivity contribution in [2.75, 3.05) is 33.7 Å². The van der Waals surface area contributed by atoms with E-state index in [0.717, 1.165) is 10.6 Å². The molecule has 1 fully saturated rings. The number of nitrogens with two attached hydrogens (primary N) is 1. The summed E-state index contributed by atoms with van der Waals surface area (Å²) < 4.78 is 31.4. The lowest BCUT2D eigenvalue weighted by Gasteiger charge is -2.21. The van der Waals surface area contributed by atoms with Gasteiger partial charge in [0.2, 0.25) is 6.93 Å². The SMILES string of the molecule is CN1CC[C@@](O)(c2cccc(-c3nc(-c4ccnc(/N=C(N)\C=C/NCCF)n4)cs3)c2)C1=O.FCF. The molecule has 1 atom stereocenters. The van der Waals surface area contributed by atoms with Crippen molar-refractivity contribution >= 4 is 29.0 Å². The highest BCUT2D eigenvalue weighted by Crippen LogP contribution is 2.36. The number of hydrogen-bond acceptors (Lipinski definition) is 8. The molecular weight excluding hydrogens is 507 g/mol. The van der Waals surface area contributed by atoms with Crippen molar-refractivity contribution in [2.24, 2.45) is 10.7 Å². The van der Waals surface area contributed by atoms with Crippen molar-refractivity contribution in [1.82, 2.24) is 25.2 Å². The topological polar surface area (TPSA) is 130 Å². The molecule has 4 rings (SSSR count). The average molecular weight is 534 g/mol. The Morgan fingerprint density at radius 3 is 2.78 bits per heavy atom. The lowest BCUT2D eigenvalue weighted by molar-refractivity contribution is -0.143. The molecule has 37 heavy (non-hydrogen) atoms. The van der Waals surface area contributed by atoms with Crippen molar-refractivity contribution in [1.29, 1.82) is 0 Å². The first-order valence-corrected chi connectivity index (χ1v) is 12.0. The zero-order chi connectivity index (χ0) is 26.8. The Morgan fingerprint density at radius 2 is 2.08 bits per heavy atom. The van der Waals surface area contributed by atoms with Crippen LogP contribution in [0.3, 0.4) is 0 Å². The number of hydrogen-bond donors (Lipinski definition) is 3. The number of amidine groups is 1. The fourth-order valence-corrected chi connectivity index (χ4v) is 4.35. The van der Waals surface area contributed by atoms with E-state index in [1.807, 2.05) is 17.5 Å². The van der Waals surface area contributed by atoms with Crippen LogP contribution in [0.25, 0.3) is 22.0 Å². The van der Waals surface area contributed by atoms with Crippen LogP contribution in [-0.2, 0) is 10.4 Å². The standard InChI is InChI=1S/C23H24FN7O2S.CH2F2/c1-31-12-7-23(33,21(31)32)16-4-2-3-15(13-16)20-28-18(14-34-20)17-5-10-27-22(29-17)30-19(25)6-9-26-11-8-24;2-1-3/h2-6,9-10,13-14,26,33H,7-8,11-12H2,1H3,(H2,25,27,29,30);1H2/b9-6-;/t23-;/m1./s1. The fourth-order valence-electron chi connectivity index (χ4n) is 3.53. The molecule has 0 saturated carbocycles. The molecule has 1 saturated heterocycles. The van der Waals surface area contributed by atoms with Crippen LogP contribution in [0.4, 0.5) is 19.1 Å². The number of carbonyl (C=O) groups is 1. The van der Waals surface area contributed by atoms with Crippen LogP contribution in [0, 0.1) is 0 Å². The molecule has 3 heterocycles. The van der Waals surface area contributed by atoms with Gasteiger partial charge in [0.15, 0.2) is 5.60 Å². The maximum atomic E-state index is 12.5. The first-order chi connectivity index (χ1) is 17.8. The summed E-state index contributed by atoms with van der Waals surface area (Å²) in [7, 11) is 1.69. The number of rotatable bonds is 8. The summed E-state index contributed by atoms with van der Waals surface area (Å²) in [5.41, 5.74) is 6.89. The van der Waals surface area contributed by atoms with Gasteiger partial charge < -0.3 is 21.1 Å². The molecular formula is C24H26F3N7O2S. The van der Waals surface area contributed by atoms with E-state index in [1.54, 1.807) is 31.4 Å². The maximum Gasteiger partial charge on any atom is 0.258 e.